The maximum atomic E-state index is 13.1. The first-order valence-electron chi connectivity index (χ1n) is 16.5. The Labute approximate surface area is 319 Å². The molecule has 4 rings (SSSR count). The third-order valence-corrected chi connectivity index (χ3v) is 7.66. The van der Waals surface area contributed by atoms with E-state index in [1.165, 1.54) is 20.8 Å². The Hall–Kier alpha value is -6.59. The van der Waals surface area contributed by atoms with Crippen molar-refractivity contribution in [3.8, 4) is 0 Å². The Kier molecular flexibility index (Phi) is 14.4. The number of benzene rings is 4. The highest BCUT2D eigenvalue weighted by molar-refractivity contribution is 6.24. The highest BCUT2D eigenvalue weighted by Gasteiger charge is 2.42. The Morgan fingerprint density at radius 2 is 1.05 bits per heavy atom. The molecule has 0 aliphatic rings. The molecule has 1 unspecified atom stereocenters. The van der Waals surface area contributed by atoms with E-state index in [1.54, 1.807) is 60.7 Å². The molecule has 18 heteroatoms. The number of ketones is 4. The summed E-state index contributed by atoms with van der Waals surface area (Å²) in [6, 6.07) is 19.6. The number of rotatable bonds is 13. The van der Waals surface area contributed by atoms with E-state index >= 15 is 0 Å². The summed E-state index contributed by atoms with van der Waals surface area (Å²) < 4.78 is 82.0. The number of esters is 1. The van der Waals surface area contributed by atoms with Gasteiger partial charge in [-0.2, -0.15) is 26.3 Å². The summed E-state index contributed by atoms with van der Waals surface area (Å²) in [5, 5.41) is 22.4. The van der Waals surface area contributed by atoms with Gasteiger partial charge in [-0.3, -0.25) is 44.2 Å². The van der Waals surface area contributed by atoms with Gasteiger partial charge < -0.3 is 4.74 Å². The second-order valence-electron chi connectivity index (χ2n) is 13.2. The van der Waals surface area contributed by atoms with E-state index in [2.05, 4.69) is 0 Å². The first-order chi connectivity index (χ1) is 26.4. The van der Waals surface area contributed by atoms with Crippen molar-refractivity contribution in [1.29, 1.82) is 0 Å². The molecule has 12 nitrogen and oxygen atoms in total. The lowest BCUT2D eigenvalue weighted by Gasteiger charge is -2.23. The number of nitrogens with zero attached hydrogens (tertiary/aromatic N) is 2. The van der Waals surface area contributed by atoms with Crippen molar-refractivity contribution in [3.63, 3.8) is 0 Å². The second-order valence-corrected chi connectivity index (χ2v) is 13.2. The summed E-state index contributed by atoms with van der Waals surface area (Å²) in [7, 11) is 0. The topological polar surface area (TPSA) is 181 Å². The molecule has 0 radical (unpaired) electrons. The zero-order chi connectivity index (χ0) is 42.9. The standard InChI is InChI=1S/C22H20F3NO6.C17H12F3NO4/c1-21(2,3)32-20(29)18(17(27)11-13-7-5-4-6-8-13)19(28)15-10-9-14(22(23,24)25)12-16(15)26(30)31;18-17(19,20)12-6-7-14(15(9-12)21(24)25)16(23)10-13(22)8-11-4-2-1-3-5-11/h4-10,12,18H,11H2,1-3H3;1-7,9H,8,10H2. The lowest BCUT2D eigenvalue weighted by Crippen LogP contribution is -2.38. The van der Waals surface area contributed by atoms with Gasteiger partial charge >= 0.3 is 18.3 Å². The molecular formula is C39H32F6N2O10. The quantitative estimate of drug-likeness (QED) is 0.0317. The molecule has 0 saturated carbocycles. The van der Waals surface area contributed by atoms with E-state index in [9.17, 15) is 70.5 Å². The van der Waals surface area contributed by atoms with Gasteiger partial charge in [-0.15, -0.1) is 0 Å². The summed E-state index contributed by atoms with van der Waals surface area (Å²) in [6.45, 7) is 4.48. The van der Waals surface area contributed by atoms with Gasteiger partial charge in [0.05, 0.1) is 38.5 Å². The molecule has 4 aromatic rings. The van der Waals surface area contributed by atoms with Crippen molar-refractivity contribution in [2.24, 2.45) is 5.92 Å². The van der Waals surface area contributed by atoms with E-state index < -0.39 is 103 Å². The summed E-state index contributed by atoms with van der Waals surface area (Å²) in [5.41, 5.74) is -5.95. The average Bonchev–Trinajstić information content (AvgIpc) is 3.10. The van der Waals surface area contributed by atoms with Crippen molar-refractivity contribution in [1.82, 2.24) is 0 Å². The predicted molar refractivity (Wildman–Crippen MR) is 189 cm³/mol. The minimum atomic E-state index is -4.89. The molecular weight excluding hydrogens is 770 g/mol. The number of carbonyl (C=O) groups is 5. The van der Waals surface area contributed by atoms with Gasteiger partial charge in [0.1, 0.15) is 11.4 Å². The van der Waals surface area contributed by atoms with Gasteiger partial charge in [0.2, 0.25) is 0 Å². The van der Waals surface area contributed by atoms with E-state index in [0.717, 1.165) is 6.07 Å². The maximum absolute atomic E-state index is 13.1. The summed E-state index contributed by atoms with van der Waals surface area (Å²) >= 11 is 0. The summed E-state index contributed by atoms with van der Waals surface area (Å²) in [6.07, 6.45) is -10.7. The van der Waals surface area contributed by atoms with Gasteiger partial charge in [-0.05, 0) is 56.2 Å². The highest BCUT2D eigenvalue weighted by atomic mass is 19.4. The predicted octanol–water partition coefficient (Wildman–Crippen LogP) is 8.56. The largest absolute Gasteiger partial charge is 0.459 e. The number of carbonyl (C=O) groups excluding carboxylic acids is 5. The Morgan fingerprint density at radius 3 is 1.47 bits per heavy atom. The van der Waals surface area contributed by atoms with Crippen LogP contribution in [0.5, 0.6) is 0 Å². The number of nitro groups is 2. The van der Waals surface area contributed by atoms with Crippen LogP contribution < -0.4 is 0 Å². The number of halogens is 6. The number of ether oxygens (including phenoxy) is 1. The molecule has 4 aromatic carbocycles. The fourth-order valence-electron chi connectivity index (χ4n) is 5.12. The van der Waals surface area contributed by atoms with Crippen LogP contribution in [-0.2, 0) is 44.3 Å². The Balaban J connectivity index is 0.000000315. The zero-order valence-electron chi connectivity index (χ0n) is 30.2. The maximum Gasteiger partial charge on any atom is 0.416 e. The SMILES string of the molecule is CC(C)(C)OC(=O)C(C(=O)Cc1ccccc1)C(=O)c1ccc(C(F)(F)F)cc1[N+](=O)[O-].O=C(CC(=O)c1ccc(C(F)(F)F)cc1[N+](=O)[O-])Cc1ccccc1. The Bertz CT molecular complexity index is 2160. The molecule has 0 heterocycles. The van der Waals surface area contributed by atoms with Crippen LogP contribution in [0.2, 0.25) is 0 Å². The number of hydrogen-bond donors (Lipinski definition) is 0. The molecule has 0 amide bonds. The smallest absolute Gasteiger partial charge is 0.416 e. The van der Waals surface area contributed by atoms with Crippen molar-refractivity contribution in [2.75, 3.05) is 0 Å². The first-order valence-corrected chi connectivity index (χ1v) is 16.5. The van der Waals surface area contributed by atoms with Crippen molar-refractivity contribution < 1.29 is 64.9 Å². The molecule has 300 valence electrons. The van der Waals surface area contributed by atoms with Crippen LogP contribution in [0.25, 0.3) is 0 Å². The molecule has 0 spiro atoms. The number of alkyl halides is 6. The molecule has 0 saturated heterocycles. The zero-order valence-corrected chi connectivity index (χ0v) is 30.2. The molecule has 57 heavy (non-hydrogen) atoms. The van der Waals surface area contributed by atoms with Crippen LogP contribution in [0.1, 0.15) is 70.2 Å². The molecule has 0 bridgehead atoms. The number of nitro benzene ring substituents is 2. The van der Waals surface area contributed by atoms with Gasteiger partial charge in [-0.1, -0.05) is 60.7 Å². The summed E-state index contributed by atoms with van der Waals surface area (Å²) in [5.74, 6) is -6.89. The molecule has 1 atom stereocenters. The minimum Gasteiger partial charge on any atom is -0.459 e. The molecule has 0 fully saturated rings. The highest BCUT2D eigenvalue weighted by Crippen LogP contribution is 2.35. The van der Waals surface area contributed by atoms with Crippen molar-refractivity contribution in [2.45, 2.75) is 58.0 Å². The van der Waals surface area contributed by atoms with E-state index in [4.69, 9.17) is 4.74 Å². The minimum absolute atomic E-state index is 0.0407. The van der Waals surface area contributed by atoms with Gasteiger partial charge in [-0.25, -0.2) is 0 Å². The fourth-order valence-corrected chi connectivity index (χ4v) is 5.12. The van der Waals surface area contributed by atoms with E-state index in [1.807, 2.05) is 0 Å². The van der Waals surface area contributed by atoms with Gasteiger partial charge in [0.25, 0.3) is 11.4 Å². The number of hydrogen-bond acceptors (Lipinski definition) is 10. The van der Waals surface area contributed by atoms with Crippen LogP contribution in [0.4, 0.5) is 37.7 Å². The normalized spacial score (nSPS) is 12.0. The molecule has 0 aliphatic heterocycles. The van der Waals surface area contributed by atoms with Crippen LogP contribution in [0, 0.1) is 26.1 Å². The lowest BCUT2D eigenvalue weighted by molar-refractivity contribution is -0.385. The van der Waals surface area contributed by atoms with E-state index in [-0.39, 0.29) is 18.9 Å². The van der Waals surface area contributed by atoms with Crippen LogP contribution >= 0.6 is 0 Å². The van der Waals surface area contributed by atoms with Crippen molar-refractivity contribution >= 4 is 40.5 Å². The van der Waals surface area contributed by atoms with Crippen LogP contribution in [0.15, 0.2) is 97.1 Å². The fraction of sp³-hybridized carbons (Fsp3) is 0.256. The third kappa shape index (κ3) is 13.0. The monoisotopic (exact) mass is 802 g/mol. The van der Waals surface area contributed by atoms with E-state index in [0.29, 0.717) is 35.4 Å². The van der Waals surface area contributed by atoms with Gasteiger partial charge in [0, 0.05) is 25.0 Å². The van der Waals surface area contributed by atoms with Crippen LogP contribution in [0.3, 0.4) is 0 Å². The van der Waals surface area contributed by atoms with Crippen LogP contribution in [-0.4, -0.2) is 44.5 Å². The van der Waals surface area contributed by atoms with Crippen molar-refractivity contribution in [3.05, 3.63) is 151 Å². The van der Waals surface area contributed by atoms with Gasteiger partial charge in [0.15, 0.2) is 23.3 Å². The first kappa shape index (κ1) is 44.8. The molecule has 0 aliphatic carbocycles. The molecule has 0 aromatic heterocycles. The second kappa shape index (κ2) is 18.4. The third-order valence-electron chi connectivity index (χ3n) is 7.66. The lowest BCUT2D eigenvalue weighted by atomic mass is 9.89. The average molecular weight is 803 g/mol. The summed E-state index contributed by atoms with van der Waals surface area (Å²) in [4.78, 5) is 82.9. The number of Topliss-reactive ketones (excluding diaryl/α,β-unsaturated/α-hetero) is 4. The molecule has 0 N–H and O–H groups in total. The Morgan fingerprint density at radius 1 is 0.632 bits per heavy atom.